The Hall–Kier alpha value is -0.960. The van der Waals surface area contributed by atoms with Gasteiger partial charge in [0.25, 0.3) is 0 Å². The first-order valence-corrected chi connectivity index (χ1v) is 6.33. The predicted octanol–water partition coefficient (Wildman–Crippen LogP) is 5.40. The minimum Gasteiger partial charge on any atom is -0.380 e. The Kier molecular flexibility index (Phi) is 4.33. The zero-order chi connectivity index (χ0) is 13.1. The van der Waals surface area contributed by atoms with Crippen LogP contribution in [0.25, 0.3) is 0 Å². The monoisotopic (exact) mass is 303 g/mol. The average Bonchev–Trinajstić information content (AvgIpc) is 2.35. The van der Waals surface area contributed by atoms with Crippen LogP contribution in [-0.4, -0.2) is 0 Å². The molecule has 0 spiro atoms. The summed E-state index contributed by atoms with van der Waals surface area (Å²) in [5, 5.41) is 4.45. The van der Waals surface area contributed by atoms with Crippen molar-refractivity contribution in [3.8, 4) is 0 Å². The summed E-state index contributed by atoms with van der Waals surface area (Å²) in [6.45, 7) is 0.419. The van der Waals surface area contributed by atoms with Crippen LogP contribution in [0.5, 0.6) is 0 Å². The predicted molar refractivity (Wildman–Crippen MR) is 75.2 cm³/mol. The van der Waals surface area contributed by atoms with Crippen LogP contribution in [0.3, 0.4) is 0 Å². The third-order valence-corrected chi connectivity index (χ3v) is 3.62. The quantitative estimate of drug-likeness (QED) is 0.800. The number of halogens is 4. The van der Waals surface area contributed by atoms with Gasteiger partial charge in [0.05, 0.1) is 20.8 Å². The molecule has 5 heteroatoms. The molecule has 18 heavy (non-hydrogen) atoms. The van der Waals surface area contributed by atoms with Crippen LogP contribution in [0, 0.1) is 5.82 Å². The third-order valence-electron chi connectivity index (χ3n) is 2.43. The molecule has 2 rings (SSSR count). The highest BCUT2D eigenvalue weighted by molar-refractivity contribution is 6.42. The lowest BCUT2D eigenvalue weighted by molar-refractivity contribution is 0.628. The Morgan fingerprint density at radius 1 is 1.00 bits per heavy atom. The standard InChI is InChI=1S/C13H9Cl3FN/c14-10-5-4-9(17)6-12(10)18-7-8-2-1-3-11(15)13(8)16/h1-6,18H,7H2. The average molecular weight is 305 g/mol. The van der Waals surface area contributed by atoms with E-state index in [1.165, 1.54) is 18.2 Å². The minimum atomic E-state index is -0.348. The summed E-state index contributed by atoms with van der Waals surface area (Å²) < 4.78 is 13.1. The van der Waals surface area contributed by atoms with E-state index in [4.69, 9.17) is 34.8 Å². The third kappa shape index (κ3) is 3.08. The smallest absolute Gasteiger partial charge is 0.125 e. The second kappa shape index (κ2) is 5.79. The number of rotatable bonds is 3. The van der Waals surface area contributed by atoms with E-state index in [0.29, 0.717) is 27.3 Å². The zero-order valence-electron chi connectivity index (χ0n) is 9.18. The molecule has 0 heterocycles. The van der Waals surface area contributed by atoms with Crippen molar-refractivity contribution in [3.05, 3.63) is 62.8 Å². The Morgan fingerprint density at radius 2 is 1.78 bits per heavy atom. The van der Waals surface area contributed by atoms with Crippen molar-refractivity contribution in [2.75, 3.05) is 5.32 Å². The summed E-state index contributed by atoms with van der Waals surface area (Å²) in [7, 11) is 0. The van der Waals surface area contributed by atoms with Gasteiger partial charge < -0.3 is 5.32 Å². The van der Waals surface area contributed by atoms with Gasteiger partial charge in [0, 0.05) is 6.54 Å². The van der Waals surface area contributed by atoms with Gasteiger partial charge in [-0.3, -0.25) is 0 Å². The molecule has 0 saturated heterocycles. The van der Waals surface area contributed by atoms with E-state index in [9.17, 15) is 4.39 Å². The van der Waals surface area contributed by atoms with Gasteiger partial charge in [-0.2, -0.15) is 0 Å². The number of hydrogen-bond donors (Lipinski definition) is 1. The van der Waals surface area contributed by atoms with Gasteiger partial charge in [0.15, 0.2) is 0 Å². The lowest BCUT2D eigenvalue weighted by atomic mass is 10.2. The summed E-state index contributed by atoms with van der Waals surface area (Å²) in [5.41, 5.74) is 1.34. The van der Waals surface area contributed by atoms with Crippen molar-refractivity contribution in [2.24, 2.45) is 0 Å². The maximum atomic E-state index is 13.1. The maximum absolute atomic E-state index is 13.1. The van der Waals surface area contributed by atoms with Gasteiger partial charge in [-0.15, -0.1) is 0 Å². The molecule has 0 aliphatic rings. The molecule has 0 fully saturated rings. The molecule has 0 radical (unpaired) electrons. The summed E-state index contributed by atoms with van der Waals surface area (Å²) in [6.07, 6.45) is 0. The van der Waals surface area contributed by atoms with E-state index < -0.39 is 0 Å². The number of benzene rings is 2. The van der Waals surface area contributed by atoms with Gasteiger partial charge in [0.1, 0.15) is 5.82 Å². The fraction of sp³-hybridized carbons (Fsp3) is 0.0769. The molecule has 0 aliphatic carbocycles. The lowest BCUT2D eigenvalue weighted by Crippen LogP contribution is -2.01. The van der Waals surface area contributed by atoms with Gasteiger partial charge >= 0.3 is 0 Å². The van der Waals surface area contributed by atoms with Gasteiger partial charge in [-0.05, 0) is 29.8 Å². The van der Waals surface area contributed by atoms with Gasteiger partial charge in [-0.1, -0.05) is 46.9 Å². The molecular weight excluding hydrogens is 296 g/mol. The normalized spacial score (nSPS) is 10.4. The van der Waals surface area contributed by atoms with Gasteiger partial charge in [-0.25, -0.2) is 4.39 Å². The van der Waals surface area contributed by atoms with E-state index in [0.717, 1.165) is 5.56 Å². The van der Waals surface area contributed by atoms with Crippen molar-refractivity contribution in [3.63, 3.8) is 0 Å². The molecule has 0 unspecified atom stereocenters. The fourth-order valence-corrected chi connectivity index (χ4v) is 2.08. The first kappa shape index (κ1) is 13.5. The van der Waals surface area contributed by atoms with E-state index in [1.54, 1.807) is 12.1 Å². The van der Waals surface area contributed by atoms with Crippen LogP contribution in [0.1, 0.15) is 5.56 Å². The van der Waals surface area contributed by atoms with Crippen LogP contribution in [-0.2, 0) is 6.54 Å². The van der Waals surface area contributed by atoms with Crippen LogP contribution < -0.4 is 5.32 Å². The van der Waals surface area contributed by atoms with E-state index in [2.05, 4.69) is 5.32 Å². The highest BCUT2D eigenvalue weighted by atomic mass is 35.5. The molecule has 0 aliphatic heterocycles. The lowest BCUT2D eigenvalue weighted by Gasteiger charge is -2.10. The minimum absolute atomic E-state index is 0.348. The molecule has 0 saturated carbocycles. The first-order chi connectivity index (χ1) is 8.58. The zero-order valence-corrected chi connectivity index (χ0v) is 11.5. The Balaban J connectivity index is 2.16. The topological polar surface area (TPSA) is 12.0 Å². The molecule has 0 atom stereocenters. The second-order valence-electron chi connectivity index (χ2n) is 3.69. The summed E-state index contributed by atoms with van der Waals surface area (Å²) in [4.78, 5) is 0. The second-order valence-corrected chi connectivity index (χ2v) is 4.88. The summed E-state index contributed by atoms with van der Waals surface area (Å²) in [5.74, 6) is -0.348. The van der Waals surface area contributed by atoms with Crippen LogP contribution in [0.2, 0.25) is 15.1 Å². The molecule has 1 N–H and O–H groups in total. The first-order valence-electron chi connectivity index (χ1n) is 5.20. The molecule has 2 aromatic carbocycles. The van der Waals surface area contributed by atoms with Gasteiger partial charge in [0.2, 0.25) is 0 Å². The van der Waals surface area contributed by atoms with E-state index in [1.807, 2.05) is 6.07 Å². The number of hydrogen-bond acceptors (Lipinski definition) is 1. The van der Waals surface area contributed by atoms with Crippen molar-refractivity contribution in [1.82, 2.24) is 0 Å². The summed E-state index contributed by atoms with van der Waals surface area (Å²) in [6, 6.07) is 9.49. The fourth-order valence-electron chi connectivity index (χ4n) is 1.51. The number of nitrogens with one attached hydrogen (secondary N) is 1. The van der Waals surface area contributed by atoms with E-state index >= 15 is 0 Å². The molecule has 0 amide bonds. The van der Waals surface area contributed by atoms with Crippen molar-refractivity contribution in [1.29, 1.82) is 0 Å². The van der Waals surface area contributed by atoms with Crippen molar-refractivity contribution < 1.29 is 4.39 Å². The van der Waals surface area contributed by atoms with E-state index in [-0.39, 0.29) is 5.82 Å². The largest absolute Gasteiger partial charge is 0.380 e. The highest BCUT2D eigenvalue weighted by Gasteiger charge is 2.06. The molecule has 2 aromatic rings. The highest BCUT2D eigenvalue weighted by Crippen LogP contribution is 2.28. The molecule has 1 nitrogen and oxygen atoms in total. The Labute approximate surface area is 119 Å². The summed E-state index contributed by atoms with van der Waals surface area (Å²) >= 11 is 17.9. The Bertz CT molecular complexity index is 570. The number of anilines is 1. The molecule has 0 bridgehead atoms. The molecule has 0 aromatic heterocycles. The van der Waals surface area contributed by atoms with Crippen LogP contribution in [0.4, 0.5) is 10.1 Å². The van der Waals surface area contributed by atoms with Crippen LogP contribution >= 0.6 is 34.8 Å². The Morgan fingerprint density at radius 3 is 2.56 bits per heavy atom. The molecule has 94 valence electrons. The maximum Gasteiger partial charge on any atom is 0.125 e. The van der Waals surface area contributed by atoms with Crippen LogP contribution in [0.15, 0.2) is 36.4 Å². The SMILES string of the molecule is Fc1ccc(Cl)c(NCc2cccc(Cl)c2Cl)c1. The van der Waals surface area contributed by atoms with Crippen molar-refractivity contribution in [2.45, 2.75) is 6.54 Å². The van der Waals surface area contributed by atoms with Crippen molar-refractivity contribution >= 4 is 40.5 Å². The molecular formula is C13H9Cl3FN.